The third-order valence-corrected chi connectivity index (χ3v) is 4.18. The van der Waals surface area contributed by atoms with Crippen LogP contribution >= 0.6 is 0 Å². The van der Waals surface area contributed by atoms with Crippen molar-refractivity contribution >= 4 is 16.8 Å². The summed E-state index contributed by atoms with van der Waals surface area (Å²) in [6.07, 6.45) is 3.58. The van der Waals surface area contributed by atoms with E-state index in [0.717, 1.165) is 48.8 Å². The van der Waals surface area contributed by atoms with E-state index in [1.807, 2.05) is 30.0 Å². The number of likely N-dealkylation sites (tertiary alicyclic amines) is 1. The smallest absolute Gasteiger partial charge is 0.251 e. The molecule has 0 aliphatic carbocycles. The Hall–Kier alpha value is -2.10. The van der Waals surface area contributed by atoms with Crippen LogP contribution in [0.15, 0.2) is 29.1 Å². The van der Waals surface area contributed by atoms with Crippen molar-refractivity contribution in [2.24, 2.45) is 0 Å². The number of pyridine rings is 1. The lowest BCUT2D eigenvalue weighted by molar-refractivity contribution is -0.130. The molecule has 4 nitrogen and oxygen atoms in total. The normalized spacial score (nSPS) is 14.8. The zero-order chi connectivity index (χ0) is 14.8. The molecule has 0 saturated carbocycles. The van der Waals surface area contributed by atoms with Crippen LogP contribution in [-0.4, -0.2) is 28.9 Å². The predicted molar refractivity (Wildman–Crippen MR) is 83.4 cm³/mol. The summed E-state index contributed by atoms with van der Waals surface area (Å²) < 4.78 is 0. The second kappa shape index (κ2) is 5.72. The molecule has 0 radical (unpaired) electrons. The molecule has 1 aliphatic rings. The maximum Gasteiger partial charge on any atom is 0.251 e. The van der Waals surface area contributed by atoms with Crippen molar-refractivity contribution in [2.45, 2.75) is 32.6 Å². The van der Waals surface area contributed by atoms with Crippen molar-refractivity contribution in [3.05, 3.63) is 45.7 Å². The molecule has 2 heterocycles. The molecule has 1 aromatic carbocycles. The third kappa shape index (κ3) is 2.99. The molecule has 0 bridgehead atoms. The summed E-state index contributed by atoms with van der Waals surface area (Å²) in [4.78, 5) is 28.5. The average Bonchev–Trinajstić information content (AvgIpc) is 3.00. The standard InChI is InChI=1S/C17H20N2O2/c1-12-10-14-11-13(4-6-15(14)18-17(12)21)5-7-16(20)19-8-2-3-9-19/h4,6,10-11H,2-3,5,7-9H2,1H3,(H,18,21). The van der Waals surface area contributed by atoms with Gasteiger partial charge in [0.05, 0.1) is 0 Å². The number of nitrogens with zero attached hydrogens (tertiary/aromatic N) is 1. The van der Waals surface area contributed by atoms with Crippen molar-refractivity contribution in [1.82, 2.24) is 9.88 Å². The first-order chi connectivity index (χ1) is 10.1. The Morgan fingerprint density at radius 3 is 2.76 bits per heavy atom. The topological polar surface area (TPSA) is 53.2 Å². The Bertz CT molecular complexity index is 727. The molecular formula is C17H20N2O2. The van der Waals surface area contributed by atoms with E-state index in [2.05, 4.69) is 11.1 Å². The third-order valence-electron chi connectivity index (χ3n) is 4.18. The summed E-state index contributed by atoms with van der Waals surface area (Å²) in [6, 6.07) is 7.88. The zero-order valence-electron chi connectivity index (χ0n) is 12.3. The molecule has 1 fully saturated rings. The van der Waals surface area contributed by atoms with Gasteiger partial charge in [-0.2, -0.15) is 0 Å². The number of aromatic nitrogens is 1. The van der Waals surface area contributed by atoms with Crippen LogP contribution in [0.1, 0.15) is 30.4 Å². The van der Waals surface area contributed by atoms with Crippen LogP contribution in [0.4, 0.5) is 0 Å². The number of hydrogen-bond donors (Lipinski definition) is 1. The fraction of sp³-hybridized carbons (Fsp3) is 0.412. The van der Waals surface area contributed by atoms with Crippen molar-refractivity contribution in [2.75, 3.05) is 13.1 Å². The summed E-state index contributed by atoms with van der Waals surface area (Å²) in [7, 11) is 0. The molecule has 1 aliphatic heterocycles. The number of rotatable bonds is 3. The average molecular weight is 284 g/mol. The summed E-state index contributed by atoms with van der Waals surface area (Å²) >= 11 is 0. The first kappa shape index (κ1) is 13.9. The quantitative estimate of drug-likeness (QED) is 0.941. The number of amides is 1. The molecule has 1 N–H and O–H groups in total. The van der Waals surface area contributed by atoms with Gasteiger partial charge in [-0.1, -0.05) is 6.07 Å². The Labute approximate surface area is 123 Å². The highest BCUT2D eigenvalue weighted by Gasteiger charge is 2.17. The lowest BCUT2D eigenvalue weighted by Gasteiger charge is -2.15. The SMILES string of the molecule is Cc1cc2cc(CCC(=O)N3CCCC3)ccc2[nH]c1=O. The number of nitrogens with one attached hydrogen (secondary N) is 1. The monoisotopic (exact) mass is 284 g/mol. The van der Waals surface area contributed by atoms with Crippen molar-refractivity contribution in [1.29, 1.82) is 0 Å². The van der Waals surface area contributed by atoms with Gasteiger partial charge in [0.25, 0.3) is 5.56 Å². The Morgan fingerprint density at radius 2 is 2.00 bits per heavy atom. The number of aryl methyl sites for hydroxylation is 2. The summed E-state index contributed by atoms with van der Waals surface area (Å²) in [5.41, 5.74) is 2.66. The highest BCUT2D eigenvalue weighted by atomic mass is 16.2. The van der Waals surface area contributed by atoms with E-state index in [4.69, 9.17) is 0 Å². The van der Waals surface area contributed by atoms with E-state index < -0.39 is 0 Å². The molecule has 21 heavy (non-hydrogen) atoms. The highest BCUT2D eigenvalue weighted by molar-refractivity contribution is 5.80. The Morgan fingerprint density at radius 1 is 1.24 bits per heavy atom. The molecule has 3 rings (SSSR count). The van der Waals surface area contributed by atoms with Gasteiger partial charge in [-0.15, -0.1) is 0 Å². The number of fused-ring (bicyclic) bond motifs is 1. The molecule has 2 aromatic rings. The summed E-state index contributed by atoms with van der Waals surface area (Å²) in [5.74, 6) is 0.255. The van der Waals surface area contributed by atoms with Crippen molar-refractivity contribution in [3.8, 4) is 0 Å². The number of carbonyl (C=O) groups excluding carboxylic acids is 1. The van der Waals surface area contributed by atoms with Crippen LogP contribution in [0.3, 0.4) is 0 Å². The molecule has 4 heteroatoms. The minimum atomic E-state index is -0.0422. The summed E-state index contributed by atoms with van der Waals surface area (Å²) in [6.45, 7) is 3.63. The van der Waals surface area contributed by atoms with Gasteiger partial charge in [-0.05, 0) is 55.3 Å². The van der Waals surface area contributed by atoms with Crippen molar-refractivity contribution < 1.29 is 4.79 Å². The molecule has 110 valence electrons. The van der Waals surface area contributed by atoms with Gasteiger partial charge < -0.3 is 9.88 Å². The second-order valence-corrected chi connectivity index (χ2v) is 5.79. The first-order valence-electron chi connectivity index (χ1n) is 7.54. The van der Waals surface area contributed by atoms with Gasteiger partial charge in [0.2, 0.25) is 5.91 Å². The van der Waals surface area contributed by atoms with Crippen molar-refractivity contribution in [3.63, 3.8) is 0 Å². The van der Waals surface area contributed by atoms with Crippen LogP contribution in [0, 0.1) is 6.92 Å². The van der Waals surface area contributed by atoms with Gasteiger partial charge in [-0.25, -0.2) is 0 Å². The highest BCUT2D eigenvalue weighted by Crippen LogP contribution is 2.16. The van der Waals surface area contributed by atoms with Gasteiger partial charge >= 0.3 is 0 Å². The molecule has 0 spiro atoms. The largest absolute Gasteiger partial charge is 0.343 e. The van der Waals surface area contributed by atoms with Crippen LogP contribution < -0.4 is 5.56 Å². The number of H-pyrrole nitrogens is 1. The fourth-order valence-electron chi connectivity index (χ4n) is 2.90. The van der Waals surface area contributed by atoms with Crippen LogP contribution in [-0.2, 0) is 11.2 Å². The fourth-order valence-corrected chi connectivity index (χ4v) is 2.90. The maximum atomic E-state index is 12.1. The van der Waals surface area contributed by atoms with Gasteiger partial charge in [0.15, 0.2) is 0 Å². The van der Waals surface area contributed by atoms with Crippen LogP contribution in [0.2, 0.25) is 0 Å². The lowest BCUT2D eigenvalue weighted by atomic mass is 10.1. The first-order valence-corrected chi connectivity index (χ1v) is 7.54. The van der Waals surface area contributed by atoms with Crippen LogP contribution in [0.5, 0.6) is 0 Å². The lowest BCUT2D eigenvalue weighted by Crippen LogP contribution is -2.27. The van der Waals surface area contributed by atoms with E-state index in [1.54, 1.807) is 0 Å². The Balaban J connectivity index is 1.73. The number of aromatic amines is 1. The van der Waals surface area contributed by atoms with Gasteiger partial charge in [0, 0.05) is 30.6 Å². The molecule has 0 atom stereocenters. The minimum Gasteiger partial charge on any atom is -0.343 e. The molecule has 1 amide bonds. The van der Waals surface area contributed by atoms with E-state index in [0.29, 0.717) is 12.0 Å². The number of carbonyl (C=O) groups is 1. The van der Waals surface area contributed by atoms with E-state index in [9.17, 15) is 9.59 Å². The summed E-state index contributed by atoms with van der Waals surface area (Å²) in [5, 5.41) is 1.03. The molecule has 1 saturated heterocycles. The number of hydrogen-bond acceptors (Lipinski definition) is 2. The Kier molecular flexibility index (Phi) is 3.78. The van der Waals surface area contributed by atoms with E-state index in [-0.39, 0.29) is 11.5 Å². The van der Waals surface area contributed by atoms with Crippen LogP contribution in [0.25, 0.3) is 10.9 Å². The molecular weight excluding hydrogens is 264 g/mol. The zero-order valence-corrected chi connectivity index (χ0v) is 12.3. The van der Waals surface area contributed by atoms with Gasteiger partial charge in [-0.3, -0.25) is 9.59 Å². The van der Waals surface area contributed by atoms with E-state index in [1.165, 1.54) is 0 Å². The van der Waals surface area contributed by atoms with E-state index >= 15 is 0 Å². The second-order valence-electron chi connectivity index (χ2n) is 5.79. The maximum absolute atomic E-state index is 12.1. The predicted octanol–water partition coefficient (Wildman–Crippen LogP) is 2.39. The molecule has 1 aromatic heterocycles. The molecule has 0 unspecified atom stereocenters. The minimum absolute atomic E-state index is 0.0422. The number of benzene rings is 1. The van der Waals surface area contributed by atoms with Gasteiger partial charge in [0.1, 0.15) is 0 Å².